The molecule has 2 rings (SSSR count). The van der Waals surface area contributed by atoms with Gasteiger partial charge < -0.3 is 10.5 Å². The first-order chi connectivity index (χ1) is 9.47. The highest BCUT2D eigenvalue weighted by Gasteiger charge is 2.07. The number of benzene rings is 2. The molecule has 0 amide bonds. The predicted octanol–water partition coefficient (Wildman–Crippen LogP) is 4.54. The van der Waals surface area contributed by atoms with Crippen LogP contribution in [0, 0.1) is 5.41 Å². The number of nitrogen functional groups attached to an aromatic ring is 1. The molecule has 0 atom stereocenters. The second-order valence-electron chi connectivity index (χ2n) is 4.89. The van der Waals surface area contributed by atoms with Crippen molar-refractivity contribution in [2.24, 2.45) is 5.73 Å². The summed E-state index contributed by atoms with van der Waals surface area (Å²) in [5.41, 5.74) is 7.21. The minimum atomic E-state index is -0.0137. The molecule has 0 saturated heterocycles. The number of hydrogen-bond donors (Lipinski definition) is 2. The Morgan fingerprint density at radius 3 is 2.55 bits per heavy atom. The summed E-state index contributed by atoms with van der Waals surface area (Å²) in [6.45, 7) is 4.27. The van der Waals surface area contributed by atoms with E-state index in [9.17, 15) is 0 Å². The van der Waals surface area contributed by atoms with Crippen molar-refractivity contribution in [2.75, 3.05) is 0 Å². The first kappa shape index (κ1) is 14.4. The second kappa shape index (κ2) is 5.97. The Bertz CT molecular complexity index is 638. The largest absolute Gasteiger partial charge is 0.456 e. The Kier molecular flexibility index (Phi) is 4.30. The molecule has 0 bridgehead atoms. The number of ether oxygens (including phenoxy) is 1. The third-order valence-corrected chi connectivity index (χ3v) is 3.29. The Labute approximate surface area is 123 Å². The van der Waals surface area contributed by atoms with Crippen LogP contribution >= 0.6 is 11.6 Å². The second-order valence-corrected chi connectivity index (χ2v) is 5.30. The van der Waals surface area contributed by atoms with E-state index in [0.29, 0.717) is 22.3 Å². The van der Waals surface area contributed by atoms with Gasteiger partial charge in [-0.1, -0.05) is 37.6 Å². The number of nitrogens with two attached hydrogens (primary N) is 1. The van der Waals surface area contributed by atoms with Crippen LogP contribution < -0.4 is 10.5 Å². The minimum Gasteiger partial charge on any atom is -0.456 e. The van der Waals surface area contributed by atoms with E-state index in [0.717, 1.165) is 5.75 Å². The zero-order valence-electron chi connectivity index (χ0n) is 11.5. The van der Waals surface area contributed by atoms with Gasteiger partial charge in [-0.3, -0.25) is 5.41 Å². The first-order valence-corrected chi connectivity index (χ1v) is 6.77. The van der Waals surface area contributed by atoms with Crippen LogP contribution in [0.1, 0.15) is 30.9 Å². The topological polar surface area (TPSA) is 59.1 Å². The van der Waals surface area contributed by atoms with E-state index in [1.807, 2.05) is 18.2 Å². The lowest BCUT2D eigenvalue weighted by atomic mass is 10.0. The molecule has 0 spiro atoms. The van der Waals surface area contributed by atoms with Crippen LogP contribution in [0.15, 0.2) is 42.5 Å². The number of rotatable bonds is 4. The van der Waals surface area contributed by atoms with Crippen molar-refractivity contribution in [3.63, 3.8) is 0 Å². The van der Waals surface area contributed by atoms with Gasteiger partial charge in [-0.15, -0.1) is 0 Å². The van der Waals surface area contributed by atoms with E-state index in [4.69, 9.17) is 27.5 Å². The molecule has 0 fully saturated rings. The summed E-state index contributed by atoms with van der Waals surface area (Å²) in [6, 6.07) is 13.0. The Morgan fingerprint density at radius 2 is 1.95 bits per heavy atom. The summed E-state index contributed by atoms with van der Waals surface area (Å²) in [5.74, 6) is 1.72. The van der Waals surface area contributed by atoms with E-state index in [1.54, 1.807) is 18.2 Å². The Balaban J connectivity index is 2.26. The molecule has 0 aliphatic carbocycles. The molecule has 0 saturated carbocycles. The molecule has 104 valence electrons. The highest BCUT2D eigenvalue weighted by molar-refractivity contribution is 6.32. The van der Waals surface area contributed by atoms with Gasteiger partial charge in [-0.25, -0.2) is 0 Å². The highest BCUT2D eigenvalue weighted by atomic mass is 35.5. The van der Waals surface area contributed by atoms with E-state index in [2.05, 4.69) is 19.9 Å². The number of hydrogen-bond acceptors (Lipinski definition) is 2. The fourth-order valence-corrected chi connectivity index (χ4v) is 2.03. The third kappa shape index (κ3) is 3.31. The summed E-state index contributed by atoms with van der Waals surface area (Å²) in [6.07, 6.45) is 0. The van der Waals surface area contributed by atoms with Crippen LogP contribution in [0.4, 0.5) is 0 Å². The molecular weight excluding hydrogens is 272 g/mol. The van der Waals surface area contributed by atoms with Crippen LogP contribution in [0.2, 0.25) is 5.02 Å². The van der Waals surface area contributed by atoms with Crippen molar-refractivity contribution in [1.82, 2.24) is 0 Å². The highest BCUT2D eigenvalue weighted by Crippen LogP contribution is 2.31. The number of nitrogens with one attached hydrogen (secondary N) is 1. The number of amidine groups is 1. The molecule has 20 heavy (non-hydrogen) atoms. The van der Waals surface area contributed by atoms with Gasteiger partial charge in [0.2, 0.25) is 0 Å². The molecule has 4 heteroatoms. The molecule has 0 aliphatic rings. The van der Waals surface area contributed by atoms with Crippen LogP contribution in [0.5, 0.6) is 11.5 Å². The zero-order chi connectivity index (χ0) is 14.7. The van der Waals surface area contributed by atoms with Crippen molar-refractivity contribution < 1.29 is 4.74 Å². The lowest BCUT2D eigenvalue weighted by Gasteiger charge is -2.11. The summed E-state index contributed by atoms with van der Waals surface area (Å²) in [5, 5.41) is 7.81. The molecule has 0 unspecified atom stereocenters. The standard InChI is InChI=1S/C16H17ClN2O/c1-10(2)11-4-3-5-13(8-11)20-15-7-6-12(16(18)19)9-14(15)17/h3-10H,1-2H3,(H3,18,19). The maximum atomic E-state index is 7.38. The molecule has 0 aliphatic heterocycles. The van der Waals surface area contributed by atoms with Gasteiger partial charge in [0.25, 0.3) is 0 Å². The lowest BCUT2D eigenvalue weighted by Crippen LogP contribution is -2.10. The van der Waals surface area contributed by atoms with Crippen LogP contribution in [0.3, 0.4) is 0 Å². The molecule has 3 N–H and O–H groups in total. The molecule has 2 aromatic carbocycles. The van der Waals surface area contributed by atoms with Gasteiger partial charge in [0.1, 0.15) is 17.3 Å². The smallest absolute Gasteiger partial charge is 0.146 e. The van der Waals surface area contributed by atoms with Gasteiger partial charge in [-0.05, 0) is 41.8 Å². The summed E-state index contributed by atoms with van der Waals surface area (Å²) < 4.78 is 5.79. The van der Waals surface area contributed by atoms with Gasteiger partial charge in [0.05, 0.1) is 5.02 Å². The first-order valence-electron chi connectivity index (χ1n) is 6.39. The van der Waals surface area contributed by atoms with Crippen LogP contribution in [-0.4, -0.2) is 5.84 Å². The number of halogens is 1. The van der Waals surface area contributed by atoms with Crippen LogP contribution in [0.25, 0.3) is 0 Å². The quantitative estimate of drug-likeness (QED) is 0.641. The van der Waals surface area contributed by atoms with E-state index in [1.165, 1.54) is 5.56 Å². The predicted molar refractivity (Wildman–Crippen MR) is 83.1 cm³/mol. The van der Waals surface area contributed by atoms with Gasteiger partial charge in [0.15, 0.2) is 0 Å². The van der Waals surface area contributed by atoms with E-state index >= 15 is 0 Å². The molecule has 2 aromatic rings. The molecule has 0 heterocycles. The summed E-state index contributed by atoms with van der Waals surface area (Å²) in [7, 11) is 0. The average Bonchev–Trinajstić information content (AvgIpc) is 2.41. The molecule has 0 radical (unpaired) electrons. The normalized spacial score (nSPS) is 10.6. The molecular formula is C16H17ClN2O. The monoisotopic (exact) mass is 288 g/mol. The van der Waals surface area contributed by atoms with E-state index in [-0.39, 0.29) is 5.84 Å². The van der Waals surface area contributed by atoms with Crippen LogP contribution in [-0.2, 0) is 0 Å². The van der Waals surface area contributed by atoms with Crippen molar-refractivity contribution in [1.29, 1.82) is 5.41 Å². The van der Waals surface area contributed by atoms with Crippen molar-refractivity contribution in [3.8, 4) is 11.5 Å². The van der Waals surface area contributed by atoms with Gasteiger partial charge in [0, 0.05) is 5.56 Å². The maximum Gasteiger partial charge on any atom is 0.146 e. The Morgan fingerprint density at radius 1 is 1.20 bits per heavy atom. The van der Waals surface area contributed by atoms with E-state index < -0.39 is 0 Å². The molecule has 3 nitrogen and oxygen atoms in total. The van der Waals surface area contributed by atoms with Crippen molar-refractivity contribution in [2.45, 2.75) is 19.8 Å². The zero-order valence-corrected chi connectivity index (χ0v) is 12.2. The van der Waals surface area contributed by atoms with Crippen molar-refractivity contribution in [3.05, 3.63) is 58.6 Å². The SMILES string of the molecule is CC(C)c1cccc(Oc2ccc(C(=N)N)cc2Cl)c1. The lowest BCUT2D eigenvalue weighted by molar-refractivity contribution is 0.482. The molecule has 0 aromatic heterocycles. The maximum absolute atomic E-state index is 7.38. The minimum absolute atomic E-state index is 0.0137. The Hall–Kier alpha value is -2.00. The fourth-order valence-electron chi connectivity index (χ4n) is 1.82. The summed E-state index contributed by atoms with van der Waals surface area (Å²) in [4.78, 5) is 0. The average molecular weight is 289 g/mol. The summed E-state index contributed by atoms with van der Waals surface area (Å²) >= 11 is 6.15. The fraction of sp³-hybridized carbons (Fsp3) is 0.188. The third-order valence-electron chi connectivity index (χ3n) is 3.00. The van der Waals surface area contributed by atoms with Crippen molar-refractivity contribution >= 4 is 17.4 Å². The van der Waals surface area contributed by atoms with Gasteiger partial charge in [-0.2, -0.15) is 0 Å². The van der Waals surface area contributed by atoms with Gasteiger partial charge >= 0.3 is 0 Å².